The second-order valence-electron chi connectivity index (χ2n) is 6.23. The van der Waals surface area contributed by atoms with Crippen molar-refractivity contribution in [3.8, 4) is 0 Å². The lowest BCUT2D eigenvalue weighted by Crippen LogP contribution is -2.14. The Morgan fingerprint density at radius 1 is 1.04 bits per heavy atom. The summed E-state index contributed by atoms with van der Waals surface area (Å²) >= 11 is 1.61. The number of carbonyl (C=O) groups is 1. The number of benzene rings is 2. The largest absolute Gasteiger partial charge is 0.326 e. The van der Waals surface area contributed by atoms with Crippen LogP contribution in [-0.4, -0.2) is 16.6 Å². The fraction of sp³-hybridized carbons (Fsp3) is 0.238. The first-order valence-electron chi connectivity index (χ1n) is 8.51. The highest BCUT2D eigenvalue weighted by atomic mass is 32.2. The molecule has 0 fully saturated rings. The van der Waals surface area contributed by atoms with Gasteiger partial charge < -0.3 is 5.32 Å². The highest BCUT2D eigenvalue weighted by Gasteiger charge is 2.09. The number of rotatable bonds is 6. The molecule has 0 saturated carbocycles. The van der Waals surface area contributed by atoms with Crippen LogP contribution in [0.3, 0.4) is 0 Å². The average Bonchev–Trinajstić information content (AvgIpc) is 2.62. The van der Waals surface area contributed by atoms with Crippen molar-refractivity contribution in [1.82, 2.24) is 4.98 Å². The summed E-state index contributed by atoms with van der Waals surface area (Å²) in [7, 11) is 0. The molecular weight excluding hydrogens is 328 g/mol. The lowest BCUT2D eigenvalue weighted by atomic mass is 10.0. The van der Waals surface area contributed by atoms with Crippen LogP contribution >= 0.6 is 11.8 Å². The van der Waals surface area contributed by atoms with E-state index >= 15 is 0 Å². The summed E-state index contributed by atoms with van der Waals surface area (Å²) in [4.78, 5) is 16.9. The van der Waals surface area contributed by atoms with Crippen LogP contribution in [0.4, 0.5) is 5.69 Å². The summed E-state index contributed by atoms with van der Waals surface area (Å²) in [6, 6.07) is 20.1. The van der Waals surface area contributed by atoms with Gasteiger partial charge in [-0.15, -0.1) is 11.8 Å². The van der Waals surface area contributed by atoms with Crippen LogP contribution in [0.5, 0.6) is 0 Å². The van der Waals surface area contributed by atoms with Crippen LogP contribution < -0.4 is 5.32 Å². The van der Waals surface area contributed by atoms with Crippen molar-refractivity contribution < 1.29 is 4.79 Å². The van der Waals surface area contributed by atoms with E-state index in [1.807, 2.05) is 42.5 Å². The Morgan fingerprint density at radius 3 is 2.64 bits per heavy atom. The summed E-state index contributed by atoms with van der Waals surface area (Å²) in [5, 5.41) is 5.12. The number of anilines is 1. The Balaban J connectivity index is 1.55. The SMILES string of the molecule is CC(C)c1ccccc1NC(=O)CCSc1ccc2ccccc2n1. The third-order valence-electron chi connectivity index (χ3n) is 4.01. The predicted molar refractivity (Wildman–Crippen MR) is 106 cm³/mol. The molecule has 3 aromatic rings. The molecule has 1 amide bonds. The van der Waals surface area contributed by atoms with Crippen LogP contribution in [0, 0.1) is 0 Å². The van der Waals surface area contributed by atoms with Crippen molar-refractivity contribution in [2.24, 2.45) is 0 Å². The lowest BCUT2D eigenvalue weighted by molar-refractivity contribution is -0.115. The van der Waals surface area contributed by atoms with Crippen LogP contribution in [-0.2, 0) is 4.79 Å². The number of para-hydroxylation sites is 2. The standard InChI is InChI=1S/C21H22N2OS/c1-15(2)17-8-4-6-10-19(17)22-20(24)13-14-25-21-12-11-16-7-3-5-9-18(16)23-21/h3-12,15H,13-14H2,1-2H3,(H,22,24). The molecule has 0 spiro atoms. The third-order valence-corrected chi connectivity index (χ3v) is 4.94. The van der Waals surface area contributed by atoms with E-state index in [4.69, 9.17) is 0 Å². The van der Waals surface area contributed by atoms with E-state index in [0.29, 0.717) is 18.1 Å². The van der Waals surface area contributed by atoms with Crippen LogP contribution in [0.25, 0.3) is 10.9 Å². The van der Waals surface area contributed by atoms with E-state index in [2.05, 4.69) is 42.3 Å². The molecule has 3 rings (SSSR count). The molecule has 0 aliphatic rings. The molecule has 2 aromatic carbocycles. The number of hydrogen-bond donors (Lipinski definition) is 1. The maximum Gasteiger partial charge on any atom is 0.225 e. The van der Waals surface area contributed by atoms with Gasteiger partial charge in [0.25, 0.3) is 0 Å². The number of hydrogen-bond acceptors (Lipinski definition) is 3. The van der Waals surface area contributed by atoms with Crippen LogP contribution in [0.15, 0.2) is 65.7 Å². The van der Waals surface area contributed by atoms with Crippen LogP contribution in [0.2, 0.25) is 0 Å². The van der Waals surface area contributed by atoms with E-state index in [0.717, 1.165) is 21.6 Å². The van der Waals surface area contributed by atoms with Gasteiger partial charge in [0.05, 0.1) is 10.5 Å². The Hall–Kier alpha value is -2.33. The van der Waals surface area contributed by atoms with Gasteiger partial charge in [0.2, 0.25) is 5.91 Å². The first-order valence-corrected chi connectivity index (χ1v) is 9.49. The summed E-state index contributed by atoms with van der Waals surface area (Å²) in [6.45, 7) is 4.26. The van der Waals surface area contributed by atoms with Gasteiger partial charge >= 0.3 is 0 Å². The highest BCUT2D eigenvalue weighted by molar-refractivity contribution is 7.99. The quantitative estimate of drug-likeness (QED) is 0.599. The number of nitrogens with zero attached hydrogens (tertiary/aromatic N) is 1. The van der Waals surface area contributed by atoms with E-state index in [1.54, 1.807) is 11.8 Å². The smallest absolute Gasteiger partial charge is 0.225 e. The van der Waals surface area contributed by atoms with Crippen molar-refractivity contribution in [3.63, 3.8) is 0 Å². The second-order valence-corrected chi connectivity index (χ2v) is 7.35. The van der Waals surface area contributed by atoms with Crippen LogP contribution in [0.1, 0.15) is 31.7 Å². The van der Waals surface area contributed by atoms with Gasteiger partial charge in [0.1, 0.15) is 0 Å². The zero-order valence-corrected chi connectivity index (χ0v) is 15.3. The number of amides is 1. The van der Waals surface area contributed by atoms with E-state index in [9.17, 15) is 4.79 Å². The number of aromatic nitrogens is 1. The molecule has 1 heterocycles. The molecule has 0 aliphatic carbocycles. The molecular formula is C21H22N2OS. The Morgan fingerprint density at radius 2 is 1.80 bits per heavy atom. The van der Waals surface area contributed by atoms with Crippen molar-refractivity contribution >= 4 is 34.3 Å². The zero-order valence-electron chi connectivity index (χ0n) is 14.5. The van der Waals surface area contributed by atoms with Gasteiger partial charge in [-0.2, -0.15) is 0 Å². The first kappa shape index (κ1) is 17.5. The second kappa shape index (κ2) is 8.17. The number of fused-ring (bicyclic) bond motifs is 1. The fourth-order valence-corrected chi connectivity index (χ4v) is 3.53. The normalized spacial score (nSPS) is 11.0. The topological polar surface area (TPSA) is 42.0 Å². The minimum Gasteiger partial charge on any atom is -0.326 e. The van der Waals surface area contributed by atoms with E-state index in [1.165, 1.54) is 5.56 Å². The molecule has 4 heteroatoms. The zero-order chi connectivity index (χ0) is 17.6. The Bertz CT molecular complexity index is 876. The summed E-state index contributed by atoms with van der Waals surface area (Å²) in [6.07, 6.45) is 0.464. The lowest BCUT2D eigenvalue weighted by Gasteiger charge is -2.13. The monoisotopic (exact) mass is 350 g/mol. The van der Waals surface area contributed by atoms with Gasteiger partial charge in [-0.1, -0.05) is 56.3 Å². The molecule has 0 radical (unpaired) electrons. The van der Waals surface area contributed by atoms with Crippen molar-refractivity contribution in [1.29, 1.82) is 0 Å². The molecule has 1 aromatic heterocycles. The van der Waals surface area contributed by atoms with E-state index in [-0.39, 0.29) is 5.91 Å². The molecule has 0 bridgehead atoms. The summed E-state index contributed by atoms with van der Waals surface area (Å²) in [5.41, 5.74) is 3.07. The third kappa shape index (κ3) is 4.60. The number of pyridine rings is 1. The van der Waals surface area contributed by atoms with Crippen molar-refractivity contribution in [2.45, 2.75) is 31.2 Å². The minimum atomic E-state index is 0.0430. The minimum absolute atomic E-state index is 0.0430. The summed E-state index contributed by atoms with van der Waals surface area (Å²) in [5.74, 6) is 1.13. The number of thioether (sulfide) groups is 1. The van der Waals surface area contributed by atoms with Gasteiger partial charge in [-0.25, -0.2) is 4.98 Å². The van der Waals surface area contributed by atoms with Crippen molar-refractivity contribution in [2.75, 3.05) is 11.1 Å². The maximum atomic E-state index is 12.2. The number of carbonyl (C=O) groups excluding carboxylic acids is 1. The van der Waals surface area contributed by atoms with Crippen molar-refractivity contribution in [3.05, 3.63) is 66.2 Å². The molecule has 0 saturated heterocycles. The summed E-state index contributed by atoms with van der Waals surface area (Å²) < 4.78 is 0. The highest BCUT2D eigenvalue weighted by Crippen LogP contribution is 2.24. The molecule has 128 valence electrons. The molecule has 3 nitrogen and oxygen atoms in total. The molecule has 0 aliphatic heterocycles. The van der Waals surface area contributed by atoms with Gasteiger partial charge in [0, 0.05) is 23.2 Å². The Kier molecular flexibility index (Phi) is 5.71. The molecule has 1 N–H and O–H groups in total. The Labute approximate surface area is 152 Å². The van der Waals surface area contributed by atoms with E-state index < -0.39 is 0 Å². The average molecular weight is 350 g/mol. The van der Waals surface area contributed by atoms with Gasteiger partial charge in [-0.3, -0.25) is 4.79 Å². The maximum absolute atomic E-state index is 12.2. The molecule has 0 atom stereocenters. The number of nitrogens with one attached hydrogen (secondary N) is 1. The first-order chi connectivity index (χ1) is 12.1. The predicted octanol–water partition coefficient (Wildman–Crippen LogP) is 5.48. The fourth-order valence-electron chi connectivity index (χ4n) is 2.70. The molecule has 0 unspecified atom stereocenters. The molecule has 25 heavy (non-hydrogen) atoms. The van der Waals surface area contributed by atoms with Gasteiger partial charge in [-0.05, 0) is 29.7 Å². The van der Waals surface area contributed by atoms with Gasteiger partial charge in [0.15, 0.2) is 0 Å².